The van der Waals surface area contributed by atoms with E-state index in [2.05, 4.69) is 0 Å². The van der Waals surface area contributed by atoms with Gasteiger partial charge in [0.1, 0.15) is 0 Å². The van der Waals surface area contributed by atoms with Gasteiger partial charge in [-0.2, -0.15) is 0 Å². The van der Waals surface area contributed by atoms with Gasteiger partial charge in [-0.15, -0.1) is 0 Å². The van der Waals surface area contributed by atoms with Gasteiger partial charge in [-0.1, -0.05) is 13.3 Å². The van der Waals surface area contributed by atoms with Gasteiger partial charge in [0.2, 0.25) is 5.92 Å². The normalized spacial score (nSPS) is 15.0. The molecule has 0 aromatic carbocycles. The van der Waals surface area contributed by atoms with Gasteiger partial charge >= 0.3 is 0 Å². The van der Waals surface area contributed by atoms with Crippen LogP contribution in [0, 0.1) is 5.92 Å². The van der Waals surface area contributed by atoms with Gasteiger partial charge < -0.3 is 5.73 Å². The minimum absolute atomic E-state index is 0.355. The molecule has 0 saturated carbocycles. The van der Waals surface area contributed by atoms with Crippen molar-refractivity contribution in [2.75, 3.05) is 6.54 Å². The SMILES string of the molecule is CCCC(CCN)C(C)(F)F. The van der Waals surface area contributed by atoms with Gasteiger partial charge in [-0.05, 0) is 26.3 Å². The lowest BCUT2D eigenvalue weighted by Crippen LogP contribution is -2.26. The lowest BCUT2D eigenvalue weighted by Gasteiger charge is -2.22. The number of alkyl halides is 2. The summed E-state index contributed by atoms with van der Waals surface area (Å²) >= 11 is 0. The second-order valence-corrected chi connectivity index (χ2v) is 3.02. The third-order valence-electron chi connectivity index (χ3n) is 1.87. The van der Waals surface area contributed by atoms with Gasteiger partial charge in [0, 0.05) is 5.92 Å². The van der Waals surface area contributed by atoms with Crippen LogP contribution in [0.4, 0.5) is 8.78 Å². The summed E-state index contributed by atoms with van der Waals surface area (Å²) in [5.74, 6) is -3.09. The van der Waals surface area contributed by atoms with Gasteiger partial charge in [-0.25, -0.2) is 8.78 Å². The molecule has 0 rings (SSSR count). The molecule has 0 aliphatic rings. The molecule has 1 nitrogen and oxygen atoms in total. The summed E-state index contributed by atoms with van der Waals surface area (Å²) in [5, 5.41) is 0. The number of nitrogens with two attached hydrogens (primary N) is 1. The van der Waals surface area contributed by atoms with E-state index in [1.165, 1.54) is 0 Å². The van der Waals surface area contributed by atoms with Crippen LogP contribution in [0.25, 0.3) is 0 Å². The third-order valence-corrected chi connectivity index (χ3v) is 1.87. The second-order valence-electron chi connectivity index (χ2n) is 3.02. The fourth-order valence-corrected chi connectivity index (χ4v) is 1.20. The first-order valence-corrected chi connectivity index (χ1v) is 4.10. The van der Waals surface area contributed by atoms with Crippen molar-refractivity contribution in [1.82, 2.24) is 0 Å². The molecule has 1 atom stereocenters. The molecule has 0 aromatic rings. The minimum Gasteiger partial charge on any atom is -0.330 e. The van der Waals surface area contributed by atoms with Crippen LogP contribution < -0.4 is 5.73 Å². The van der Waals surface area contributed by atoms with Gasteiger partial charge in [0.15, 0.2) is 0 Å². The van der Waals surface area contributed by atoms with E-state index in [9.17, 15) is 8.78 Å². The molecule has 0 heterocycles. The number of hydrogen-bond donors (Lipinski definition) is 1. The maximum atomic E-state index is 12.7. The standard InChI is InChI=1S/C8H17F2N/c1-3-4-7(5-6-11)8(2,9)10/h7H,3-6,11H2,1-2H3. The van der Waals surface area contributed by atoms with Crippen molar-refractivity contribution in [3.8, 4) is 0 Å². The lowest BCUT2D eigenvalue weighted by atomic mass is 9.94. The fraction of sp³-hybridized carbons (Fsp3) is 1.00. The largest absolute Gasteiger partial charge is 0.330 e. The maximum Gasteiger partial charge on any atom is 0.248 e. The van der Waals surface area contributed by atoms with E-state index in [0.717, 1.165) is 13.3 Å². The van der Waals surface area contributed by atoms with E-state index in [0.29, 0.717) is 19.4 Å². The number of rotatable bonds is 5. The number of hydrogen-bond acceptors (Lipinski definition) is 1. The third kappa shape index (κ3) is 4.30. The summed E-state index contributed by atoms with van der Waals surface area (Å²) in [7, 11) is 0. The molecule has 0 saturated heterocycles. The van der Waals surface area contributed by atoms with Crippen LogP contribution in [0.5, 0.6) is 0 Å². The molecule has 0 spiro atoms. The summed E-state index contributed by atoms with van der Waals surface area (Å²) in [5.41, 5.74) is 5.22. The first-order valence-electron chi connectivity index (χ1n) is 4.10. The second kappa shape index (κ2) is 4.65. The summed E-state index contributed by atoms with van der Waals surface area (Å²) in [6.45, 7) is 3.24. The fourth-order valence-electron chi connectivity index (χ4n) is 1.20. The molecule has 0 amide bonds. The monoisotopic (exact) mass is 165 g/mol. The molecule has 0 bridgehead atoms. The van der Waals surface area contributed by atoms with E-state index in [1.807, 2.05) is 6.92 Å². The Morgan fingerprint density at radius 2 is 1.91 bits per heavy atom. The molecule has 2 N–H and O–H groups in total. The molecular weight excluding hydrogens is 148 g/mol. The van der Waals surface area contributed by atoms with Crippen LogP contribution >= 0.6 is 0 Å². The Morgan fingerprint density at radius 3 is 2.18 bits per heavy atom. The molecule has 0 aliphatic heterocycles. The Labute approximate surface area is 67.0 Å². The highest BCUT2D eigenvalue weighted by molar-refractivity contribution is 4.72. The lowest BCUT2D eigenvalue weighted by molar-refractivity contribution is -0.0452. The van der Waals surface area contributed by atoms with E-state index in [1.54, 1.807) is 0 Å². The summed E-state index contributed by atoms with van der Waals surface area (Å²) in [4.78, 5) is 0. The zero-order valence-corrected chi connectivity index (χ0v) is 7.24. The Balaban J connectivity index is 3.88. The van der Waals surface area contributed by atoms with Crippen molar-refractivity contribution in [3.05, 3.63) is 0 Å². The first-order chi connectivity index (χ1) is 5.02. The average Bonchev–Trinajstić information content (AvgIpc) is 1.85. The minimum atomic E-state index is -2.56. The quantitative estimate of drug-likeness (QED) is 0.665. The Hall–Kier alpha value is -0.180. The molecule has 0 aromatic heterocycles. The molecule has 0 radical (unpaired) electrons. The van der Waals surface area contributed by atoms with Crippen LogP contribution in [-0.2, 0) is 0 Å². The highest BCUT2D eigenvalue weighted by atomic mass is 19.3. The first kappa shape index (κ1) is 10.8. The summed E-state index contributed by atoms with van der Waals surface area (Å²) in [6, 6.07) is 0. The zero-order chi connectivity index (χ0) is 8.91. The maximum absolute atomic E-state index is 12.7. The van der Waals surface area contributed by atoms with E-state index in [4.69, 9.17) is 5.73 Å². The van der Waals surface area contributed by atoms with Gasteiger partial charge in [0.05, 0.1) is 0 Å². The van der Waals surface area contributed by atoms with Crippen molar-refractivity contribution < 1.29 is 8.78 Å². The molecular formula is C8H17F2N. The van der Waals surface area contributed by atoms with E-state index >= 15 is 0 Å². The van der Waals surface area contributed by atoms with E-state index < -0.39 is 11.8 Å². The molecule has 11 heavy (non-hydrogen) atoms. The summed E-state index contributed by atoms with van der Waals surface area (Å²) < 4.78 is 25.4. The molecule has 3 heteroatoms. The predicted molar refractivity (Wildman–Crippen MR) is 42.7 cm³/mol. The van der Waals surface area contributed by atoms with Crippen LogP contribution in [0.1, 0.15) is 33.1 Å². The van der Waals surface area contributed by atoms with E-state index in [-0.39, 0.29) is 0 Å². The Bertz CT molecular complexity index is 92.8. The van der Waals surface area contributed by atoms with Crippen molar-refractivity contribution >= 4 is 0 Å². The molecule has 0 aliphatic carbocycles. The number of halogens is 2. The van der Waals surface area contributed by atoms with Gasteiger partial charge in [-0.3, -0.25) is 0 Å². The van der Waals surface area contributed by atoms with Crippen LogP contribution in [-0.4, -0.2) is 12.5 Å². The smallest absolute Gasteiger partial charge is 0.248 e. The van der Waals surface area contributed by atoms with Crippen molar-refractivity contribution in [2.45, 2.75) is 39.0 Å². The average molecular weight is 165 g/mol. The zero-order valence-electron chi connectivity index (χ0n) is 7.24. The van der Waals surface area contributed by atoms with Crippen LogP contribution in [0.2, 0.25) is 0 Å². The predicted octanol–water partition coefficient (Wildman–Crippen LogP) is 2.41. The van der Waals surface area contributed by atoms with Gasteiger partial charge in [0.25, 0.3) is 0 Å². The topological polar surface area (TPSA) is 26.0 Å². The van der Waals surface area contributed by atoms with Crippen molar-refractivity contribution in [3.63, 3.8) is 0 Å². The Kier molecular flexibility index (Phi) is 4.57. The van der Waals surface area contributed by atoms with Crippen LogP contribution in [0.15, 0.2) is 0 Å². The summed E-state index contributed by atoms with van der Waals surface area (Å²) in [6.07, 6.45) is 1.80. The van der Waals surface area contributed by atoms with Crippen LogP contribution in [0.3, 0.4) is 0 Å². The highest BCUT2D eigenvalue weighted by Crippen LogP contribution is 2.29. The molecule has 0 fully saturated rings. The highest BCUT2D eigenvalue weighted by Gasteiger charge is 2.32. The van der Waals surface area contributed by atoms with Crippen molar-refractivity contribution in [1.29, 1.82) is 0 Å². The van der Waals surface area contributed by atoms with Crippen molar-refractivity contribution in [2.24, 2.45) is 11.7 Å². The Morgan fingerprint density at radius 1 is 1.36 bits per heavy atom. The molecule has 68 valence electrons. The molecule has 1 unspecified atom stereocenters.